The first-order chi connectivity index (χ1) is 11.1. The quantitative estimate of drug-likeness (QED) is 0.741. The van der Waals surface area contributed by atoms with Crippen molar-refractivity contribution in [3.8, 4) is 0 Å². The molecule has 118 valence electrons. The van der Waals surface area contributed by atoms with Gasteiger partial charge in [-0.15, -0.1) is 0 Å². The molecule has 0 radical (unpaired) electrons. The van der Waals surface area contributed by atoms with E-state index in [9.17, 15) is 4.79 Å². The molecule has 2 aromatic carbocycles. The lowest BCUT2D eigenvalue weighted by Gasteiger charge is -2.28. The van der Waals surface area contributed by atoms with Crippen LogP contribution in [0.2, 0.25) is 10.0 Å². The second-order valence-electron chi connectivity index (χ2n) is 5.70. The number of ketones is 1. The third-order valence-corrected chi connectivity index (χ3v) is 4.51. The van der Waals surface area contributed by atoms with Crippen molar-refractivity contribution in [2.45, 2.75) is 13.0 Å². The number of halogens is 2. The average molecular weight is 346 g/mol. The van der Waals surface area contributed by atoms with Gasteiger partial charge in [-0.2, -0.15) is 0 Å². The molecule has 2 aromatic rings. The number of likely N-dealkylation sites (tertiary alicyclic amines) is 1. The number of benzene rings is 2. The minimum absolute atomic E-state index is 0.195. The number of hydrogen-bond acceptors (Lipinski definition) is 2. The normalized spacial score (nSPS) is 17.7. The maximum Gasteiger partial charge on any atom is 0.161 e. The number of carbonyl (C=O) groups is 1. The van der Waals surface area contributed by atoms with E-state index in [4.69, 9.17) is 23.2 Å². The average Bonchev–Trinajstić information content (AvgIpc) is 2.54. The Labute approximate surface area is 146 Å². The highest BCUT2D eigenvalue weighted by Gasteiger charge is 2.21. The topological polar surface area (TPSA) is 20.3 Å². The summed E-state index contributed by atoms with van der Waals surface area (Å²) in [6.45, 7) is 2.28. The van der Waals surface area contributed by atoms with Gasteiger partial charge in [-0.1, -0.05) is 59.6 Å². The number of nitrogens with zero attached hydrogens (tertiary/aromatic N) is 1. The van der Waals surface area contributed by atoms with Crippen molar-refractivity contribution >= 4 is 35.1 Å². The lowest BCUT2D eigenvalue weighted by molar-refractivity contribution is -0.117. The molecular formula is C19H17Cl2NO. The molecule has 3 rings (SSSR count). The Balaban J connectivity index is 1.78. The lowest BCUT2D eigenvalue weighted by atomic mass is 10.00. The van der Waals surface area contributed by atoms with E-state index < -0.39 is 0 Å². The Hall–Kier alpha value is -1.61. The van der Waals surface area contributed by atoms with E-state index in [-0.39, 0.29) is 5.78 Å². The van der Waals surface area contributed by atoms with Crippen molar-refractivity contribution in [1.29, 1.82) is 0 Å². The van der Waals surface area contributed by atoms with E-state index in [0.29, 0.717) is 23.0 Å². The molecule has 0 saturated carbocycles. The highest BCUT2D eigenvalue weighted by atomic mass is 35.5. The summed E-state index contributed by atoms with van der Waals surface area (Å²) in [5.74, 6) is 0.195. The van der Waals surface area contributed by atoms with Gasteiger partial charge in [-0.3, -0.25) is 9.69 Å². The van der Waals surface area contributed by atoms with Gasteiger partial charge in [0.1, 0.15) is 0 Å². The predicted octanol–water partition coefficient (Wildman–Crippen LogP) is 4.85. The summed E-state index contributed by atoms with van der Waals surface area (Å²) in [6, 6.07) is 15.6. The van der Waals surface area contributed by atoms with Crippen molar-refractivity contribution in [1.82, 2.24) is 4.90 Å². The van der Waals surface area contributed by atoms with E-state index in [1.54, 1.807) is 12.1 Å². The van der Waals surface area contributed by atoms with Crippen molar-refractivity contribution in [3.63, 3.8) is 0 Å². The Kier molecular flexibility index (Phi) is 5.16. The fourth-order valence-corrected chi connectivity index (χ4v) is 3.20. The summed E-state index contributed by atoms with van der Waals surface area (Å²) in [5.41, 5.74) is 2.89. The fraction of sp³-hybridized carbons (Fsp3) is 0.211. The summed E-state index contributed by atoms with van der Waals surface area (Å²) in [7, 11) is 0. The Morgan fingerprint density at radius 2 is 1.87 bits per heavy atom. The minimum Gasteiger partial charge on any atom is -0.294 e. The maximum atomic E-state index is 12.2. The Morgan fingerprint density at radius 1 is 1.09 bits per heavy atom. The molecule has 0 aromatic heterocycles. The first-order valence-electron chi connectivity index (χ1n) is 7.57. The standard InChI is InChI=1S/C19H17Cl2NO/c20-17-7-6-15(18(21)11-17)10-16-13-22(9-8-19(16)23)12-14-4-2-1-3-5-14/h1-7,10-11H,8-9,12-13H2/b16-10+. The molecule has 0 amide bonds. The van der Waals surface area contributed by atoms with Crippen LogP contribution in [0.3, 0.4) is 0 Å². The SMILES string of the molecule is O=C1CCN(Cc2ccccc2)C/C1=C\c1ccc(Cl)cc1Cl. The van der Waals surface area contributed by atoms with Crippen LogP contribution in [0.5, 0.6) is 0 Å². The maximum absolute atomic E-state index is 12.2. The van der Waals surface area contributed by atoms with Gasteiger partial charge in [0.2, 0.25) is 0 Å². The molecule has 0 atom stereocenters. The molecule has 2 nitrogen and oxygen atoms in total. The second kappa shape index (κ2) is 7.31. The van der Waals surface area contributed by atoms with Crippen LogP contribution in [0.1, 0.15) is 17.5 Å². The molecule has 0 aliphatic carbocycles. The summed E-state index contributed by atoms with van der Waals surface area (Å²) in [5, 5.41) is 1.16. The second-order valence-corrected chi connectivity index (χ2v) is 6.55. The van der Waals surface area contributed by atoms with Crippen LogP contribution in [-0.4, -0.2) is 23.8 Å². The number of carbonyl (C=O) groups excluding carboxylic acids is 1. The van der Waals surface area contributed by atoms with Crippen LogP contribution in [0.4, 0.5) is 0 Å². The molecule has 0 spiro atoms. The molecule has 0 N–H and O–H groups in total. The third-order valence-electron chi connectivity index (χ3n) is 3.95. The molecule has 0 unspecified atom stereocenters. The van der Waals surface area contributed by atoms with Crippen LogP contribution >= 0.6 is 23.2 Å². The van der Waals surface area contributed by atoms with Gasteiger partial charge in [-0.05, 0) is 29.3 Å². The largest absolute Gasteiger partial charge is 0.294 e. The number of piperidine rings is 1. The fourth-order valence-electron chi connectivity index (χ4n) is 2.74. The first-order valence-corrected chi connectivity index (χ1v) is 8.32. The zero-order chi connectivity index (χ0) is 16.2. The molecule has 4 heteroatoms. The minimum atomic E-state index is 0.195. The Morgan fingerprint density at radius 3 is 2.61 bits per heavy atom. The van der Waals surface area contributed by atoms with E-state index >= 15 is 0 Å². The van der Waals surface area contributed by atoms with Crippen molar-refractivity contribution < 1.29 is 4.79 Å². The Bertz CT molecular complexity index is 740. The molecule has 23 heavy (non-hydrogen) atoms. The van der Waals surface area contributed by atoms with Crippen LogP contribution in [-0.2, 0) is 11.3 Å². The number of Topliss-reactive ketones (excluding diaryl/α,β-unsaturated/α-hetero) is 1. The predicted molar refractivity (Wildman–Crippen MR) is 95.8 cm³/mol. The van der Waals surface area contributed by atoms with E-state index in [1.807, 2.05) is 30.3 Å². The van der Waals surface area contributed by atoms with Crippen molar-refractivity contribution in [2.75, 3.05) is 13.1 Å². The molecule has 0 bridgehead atoms. The van der Waals surface area contributed by atoms with E-state index in [1.165, 1.54) is 5.56 Å². The summed E-state index contributed by atoms with van der Waals surface area (Å²) < 4.78 is 0. The van der Waals surface area contributed by atoms with Crippen LogP contribution in [0.25, 0.3) is 6.08 Å². The van der Waals surface area contributed by atoms with Gasteiger partial charge < -0.3 is 0 Å². The summed E-state index contributed by atoms with van der Waals surface area (Å²) >= 11 is 12.1. The molecule has 1 saturated heterocycles. The van der Waals surface area contributed by atoms with E-state index in [0.717, 1.165) is 24.2 Å². The van der Waals surface area contributed by atoms with Crippen LogP contribution in [0, 0.1) is 0 Å². The highest BCUT2D eigenvalue weighted by molar-refractivity contribution is 6.35. The van der Waals surface area contributed by atoms with E-state index in [2.05, 4.69) is 17.0 Å². The zero-order valence-electron chi connectivity index (χ0n) is 12.6. The third kappa shape index (κ3) is 4.23. The van der Waals surface area contributed by atoms with Gasteiger partial charge in [-0.25, -0.2) is 0 Å². The lowest BCUT2D eigenvalue weighted by Crippen LogP contribution is -2.35. The van der Waals surface area contributed by atoms with Crippen LogP contribution < -0.4 is 0 Å². The van der Waals surface area contributed by atoms with Gasteiger partial charge >= 0.3 is 0 Å². The summed E-state index contributed by atoms with van der Waals surface area (Å²) in [6.07, 6.45) is 2.43. The van der Waals surface area contributed by atoms with Crippen LogP contribution in [0.15, 0.2) is 54.1 Å². The first kappa shape index (κ1) is 16.3. The zero-order valence-corrected chi connectivity index (χ0v) is 14.1. The van der Waals surface area contributed by atoms with Gasteiger partial charge in [0.05, 0.1) is 0 Å². The van der Waals surface area contributed by atoms with Gasteiger partial charge in [0.15, 0.2) is 5.78 Å². The highest BCUT2D eigenvalue weighted by Crippen LogP contribution is 2.25. The molecule has 1 aliphatic rings. The van der Waals surface area contributed by atoms with Gasteiger partial charge in [0, 0.05) is 41.7 Å². The molecular weight excluding hydrogens is 329 g/mol. The van der Waals surface area contributed by atoms with Gasteiger partial charge in [0.25, 0.3) is 0 Å². The molecule has 1 heterocycles. The molecule has 1 aliphatic heterocycles. The summed E-state index contributed by atoms with van der Waals surface area (Å²) in [4.78, 5) is 14.5. The monoisotopic (exact) mass is 345 g/mol. The molecule has 1 fully saturated rings. The van der Waals surface area contributed by atoms with Crippen molar-refractivity contribution in [2.24, 2.45) is 0 Å². The smallest absolute Gasteiger partial charge is 0.161 e. The number of rotatable bonds is 3. The number of hydrogen-bond donors (Lipinski definition) is 0. The van der Waals surface area contributed by atoms with Crippen molar-refractivity contribution in [3.05, 3.63) is 75.3 Å².